The summed E-state index contributed by atoms with van der Waals surface area (Å²) in [7, 11) is 1.62. The minimum atomic E-state index is -0.144. The van der Waals surface area contributed by atoms with Crippen LogP contribution in [0.1, 0.15) is 28.1 Å². The molecule has 0 fully saturated rings. The highest BCUT2D eigenvalue weighted by Crippen LogP contribution is 2.34. The summed E-state index contributed by atoms with van der Waals surface area (Å²) in [6, 6.07) is 13.4. The number of furan rings is 1. The van der Waals surface area contributed by atoms with Crippen molar-refractivity contribution in [2.75, 3.05) is 24.3 Å². The molecule has 26 heavy (non-hydrogen) atoms. The molecule has 1 aliphatic heterocycles. The van der Waals surface area contributed by atoms with Crippen molar-refractivity contribution in [3.8, 4) is 0 Å². The second kappa shape index (κ2) is 7.40. The average molecular weight is 373 g/mol. The molecule has 6 heteroatoms. The van der Waals surface area contributed by atoms with E-state index in [1.165, 1.54) is 0 Å². The van der Waals surface area contributed by atoms with Crippen molar-refractivity contribution in [3.63, 3.8) is 0 Å². The van der Waals surface area contributed by atoms with Crippen molar-refractivity contribution in [1.29, 1.82) is 0 Å². The number of carbonyl (C=O) groups excluding carboxylic acids is 1. The number of para-hydroxylation sites is 1. The van der Waals surface area contributed by atoms with E-state index in [2.05, 4.69) is 0 Å². The van der Waals surface area contributed by atoms with Crippen LogP contribution in [0.5, 0.6) is 0 Å². The van der Waals surface area contributed by atoms with E-state index in [1.807, 2.05) is 42.5 Å². The van der Waals surface area contributed by atoms with E-state index in [4.69, 9.17) is 14.9 Å². The SMILES string of the molecule is COCc1c(C(=O)N2CCCc3c(N)cccc32)oc2ccccc12.Cl. The fourth-order valence-corrected chi connectivity index (χ4v) is 3.54. The van der Waals surface area contributed by atoms with Crippen molar-refractivity contribution >= 4 is 40.7 Å². The van der Waals surface area contributed by atoms with Gasteiger partial charge in [-0.1, -0.05) is 24.3 Å². The van der Waals surface area contributed by atoms with Crippen LogP contribution in [-0.4, -0.2) is 19.6 Å². The number of hydrogen-bond acceptors (Lipinski definition) is 4. The number of carbonyl (C=O) groups is 1. The standard InChI is InChI=1S/C20H20N2O3.ClH/c1-24-12-15-13-6-2-3-10-18(13)25-19(15)20(23)22-11-5-7-14-16(21)8-4-9-17(14)22;/h2-4,6,8-10H,5,7,11-12,21H2,1H3;1H. The van der Waals surface area contributed by atoms with Crippen molar-refractivity contribution in [2.45, 2.75) is 19.4 Å². The fraction of sp³-hybridized carbons (Fsp3) is 0.250. The van der Waals surface area contributed by atoms with E-state index in [0.717, 1.165) is 40.7 Å². The number of amides is 1. The van der Waals surface area contributed by atoms with Crippen molar-refractivity contribution < 1.29 is 13.9 Å². The Morgan fingerprint density at radius 2 is 2.04 bits per heavy atom. The average Bonchev–Trinajstić information content (AvgIpc) is 3.00. The Morgan fingerprint density at radius 1 is 1.23 bits per heavy atom. The van der Waals surface area contributed by atoms with Crippen LogP contribution in [0.25, 0.3) is 11.0 Å². The number of halogens is 1. The number of methoxy groups -OCH3 is 1. The largest absolute Gasteiger partial charge is 0.450 e. The molecule has 0 bridgehead atoms. The maximum atomic E-state index is 13.3. The molecular weight excluding hydrogens is 352 g/mol. The first-order valence-corrected chi connectivity index (χ1v) is 8.39. The lowest BCUT2D eigenvalue weighted by atomic mass is 9.99. The first-order valence-electron chi connectivity index (χ1n) is 8.39. The Labute approximate surface area is 158 Å². The van der Waals surface area contributed by atoms with E-state index in [1.54, 1.807) is 12.0 Å². The molecule has 136 valence electrons. The minimum absolute atomic E-state index is 0. The van der Waals surface area contributed by atoms with Gasteiger partial charge in [0.25, 0.3) is 5.91 Å². The summed E-state index contributed by atoms with van der Waals surface area (Å²) < 4.78 is 11.2. The lowest BCUT2D eigenvalue weighted by molar-refractivity contribution is 0.0954. The summed E-state index contributed by atoms with van der Waals surface area (Å²) in [5, 5.41) is 0.914. The molecule has 0 unspecified atom stereocenters. The maximum absolute atomic E-state index is 13.3. The van der Waals surface area contributed by atoms with Gasteiger partial charge in [-0.05, 0) is 36.6 Å². The van der Waals surface area contributed by atoms with Gasteiger partial charge in [-0.2, -0.15) is 0 Å². The number of nitrogens with zero attached hydrogens (tertiary/aromatic N) is 1. The molecule has 0 saturated heterocycles. The summed E-state index contributed by atoms with van der Waals surface area (Å²) in [4.78, 5) is 15.0. The van der Waals surface area contributed by atoms with Crippen molar-refractivity contribution in [3.05, 3.63) is 59.4 Å². The van der Waals surface area contributed by atoms with E-state index in [9.17, 15) is 4.79 Å². The first-order chi connectivity index (χ1) is 12.2. The Kier molecular flexibility index (Phi) is 5.20. The quantitative estimate of drug-likeness (QED) is 0.700. The van der Waals surface area contributed by atoms with Gasteiger partial charge in [0.15, 0.2) is 5.76 Å². The fourth-order valence-electron chi connectivity index (χ4n) is 3.54. The molecule has 0 saturated carbocycles. The lowest BCUT2D eigenvalue weighted by Crippen LogP contribution is -2.36. The van der Waals surface area contributed by atoms with Gasteiger partial charge >= 0.3 is 0 Å². The van der Waals surface area contributed by atoms with E-state index >= 15 is 0 Å². The molecule has 5 nitrogen and oxygen atoms in total. The van der Waals surface area contributed by atoms with Gasteiger partial charge in [-0.25, -0.2) is 0 Å². The molecule has 3 aromatic rings. The minimum Gasteiger partial charge on any atom is -0.450 e. The van der Waals surface area contributed by atoms with Crippen LogP contribution >= 0.6 is 12.4 Å². The summed E-state index contributed by atoms with van der Waals surface area (Å²) in [5.41, 5.74) is 10.2. The number of fused-ring (bicyclic) bond motifs is 2. The van der Waals surface area contributed by atoms with E-state index in [0.29, 0.717) is 24.5 Å². The molecule has 1 amide bonds. The van der Waals surface area contributed by atoms with E-state index < -0.39 is 0 Å². The van der Waals surface area contributed by atoms with Crippen LogP contribution in [0.3, 0.4) is 0 Å². The topological polar surface area (TPSA) is 68.7 Å². The molecule has 2 heterocycles. The number of nitrogens with two attached hydrogens (primary N) is 1. The zero-order valence-corrected chi connectivity index (χ0v) is 15.3. The highest BCUT2D eigenvalue weighted by molar-refractivity contribution is 6.08. The van der Waals surface area contributed by atoms with Crippen LogP contribution in [0.15, 0.2) is 46.9 Å². The number of nitrogen functional groups attached to an aromatic ring is 1. The van der Waals surface area contributed by atoms with Crippen molar-refractivity contribution in [1.82, 2.24) is 0 Å². The van der Waals surface area contributed by atoms with Crippen LogP contribution in [0.2, 0.25) is 0 Å². The van der Waals surface area contributed by atoms with E-state index in [-0.39, 0.29) is 18.3 Å². The van der Waals surface area contributed by atoms with Crippen LogP contribution in [0.4, 0.5) is 11.4 Å². The molecule has 4 rings (SSSR count). The van der Waals surface area contributed by atoms with Crippen molar-refractivity contribution in [2.24, 2.45) is 0 Å². The number of ether oxygens (including phenoxy) is 1. The molecule has 0 radical (unpaired) electrons. The number of benzene rings is 2. The Balaban J connectivity index is 0.00000196. The Hall–Kier alpha value is -2.50. The summed E-state index contributed by atoms with van der Waals surface area (Å²) >= 11 is 0. The molecular formula is C20H21ClN2O3. The molecule has 1 aliphatic rings. The van der Waals surface area contributed by atoms with Gasteiger partial charge < -0.3 is 19.8 Å². The maximum Gasteiger partial charge on any atom is 0.294 e. The smallest absolute Gasteiger partial charge is 0.294 e. The number of rotatable bonds is 3. The predicted octanol–water partition coefficient (Wildman–Crippen LogP) is 4.18. The van der Waals surface area contributed by atoms with Gasteiger partial charge in [0.2, 0.25) is 0 Å². The zero-order chi connectivity index (χ0) is 17.4. The molecule has 0 spiro atoms. The van der Waals surface area contributed by atoms with Crippen LogP contribution in [-0.2, 0) is 17.8 Å². The van der Waals surface area contributed by atoms with Gasteiger partial charge in [-0.3, -0.25) is 4.79 Å². The summed E-state index contributed by atoms with van der Waals surface area (Å²) in [6.45, 7) is 0.981. The van der Waals surface area contributed by atoms with Gasteiger partial charge in [0, 0.05) is 36.0 Å². The monoisotopic (exact) mass is 372 g/mol. The lowest BCUT2D eigenvalue weighted by Gasteiger charge is -2.29. The van der Waals surface area contributed by atoms with Crippen LogP contribution in [0, 0.1) is 0 Å². The predicted molar refractivity (Wildman–Crippen MR) is 105 cm³/mol. The number of hydrogen-bond donors (Lipinski definition) is 1. The summed E-state index contributed by atoms with van der Waals surface area (Å²) in [6.07, 6.45) is 1.77. The third-order valence-corrected chi connectivity index (χ3v) is 4.71. The highest BCUT2D eigenvalue weighted by Gasteiger charge is 2.29. The summed E-state index contributed by atoms with van der Waals surface area (Å²) in [5.74, 6) is 0.202. The molecule has 0 aliphatic carbocycles. The molecule has 2 N–H and O–H groups in total. The van der Waals surface area contributed by atoms with Gasteiger partial charge in [0.1, 0.15) is 5.58 Å². The Bertz CT molecular complexity index is 951. The first kappa shape index (κ1) is 18.3. The molecule has 2 aromatic carbocycles. The third kappa shape index (κ3) is 2.93. The third-order valence-electron chi connectivity index (χ3n) is 4.71. The molecule has 0 atom stereocenters. The second-order valence-electron chi connectivity index (χ2n) is 6.24. The normalized spacial score (nSPS) is 13.3. The van der Waals surface area contributed by atoms with Crippen LogP contribution < -0.4 is 10.6 Å². The zero-order valence-electron chi connectivity index (χ0n) is 14.5. The number of anilines is 2. The second-order valence-corrected chi connectivity index (χ2v) is 6.24. The highest BCUT2D eigenvalue weighted by atomic mass is 35.5. The van der Waals surface area contributed by atoms with Gasteiger partial charge in [0.05, 0.1) is 6.61 Å². The van der Waals surface area contributed by atoms with Gasteiger partial charge in [-0.15, -0.1) is 12.4 Å². The molecule has 1 aromatic heterocycles. The Morgan fingerprint density at radius 3 is 2.85 bits per heavy atom.